The van der Waals surface area contributed by atoms with Gasteiger partial charge in [0.15, 0.2) is 0 Å². The molecule has 3 heterocycles. The summed E-state index contributed by atoms with van der Waals surface area (Å²) in [5.74, 6) is -0.290. The Labute approximate surface area is 236 Å². The molecule has 6 rings (SSSR count). The summed E-state index contributed by atoms with van der Waals surface area (Å²) in [6.07, 6.45) is 2.82. The Hall–Kier alpha value is -3.82. The van der Waals surface area contributed by atoms with Crippen LogP contribution in [0.1, 0.15) is 53.6 Å². The first-order valence-electron chi connectivity index (χ1n) is 12.6. The highest BCUT2D eigenvalue weighted by molar-refractivity contribution is 7.16. The van der Waals surface area contributed by atoms with E-state index in [1.165, 1.54) is 0 Å². The molecule has 0 bridgehead atoms. The summed E-state index contributed by atoms with van der Waals surface area (Å²) >= 11 is 8.07. The van der Waals surface area contributed by atoms with Gasteiger partial charge in [0.1, 0.15) is 0 Å². The number of rotatable bonds is 6. The van der Waals surface area contributed by atoms with Gasteiger partial charge in [-0.15, -0.1) is 11.3 Å². The number of carbonyl (C=O) groups is 1. The smallest absolute Gasteiger partial charge is 0.318 e. The van der Waals surface area contributed by atoms with Crippen molar-refractivity contribution in [1.29, 1.82) is 0 Å². The number of nitrogens with zero attached hydrogens (tertiary/aromatic N) is 3. The molecule has 40 heavy (non-hydrogen) atoms. The minimum absolute atomic E-state index is 0.0300. The maximum Gasteiger partial charge on any atom is 0.417 e. The van der Waals surface area contributed by atoms with Crippen LogP contribution in [-0.4, -0.2) is 21.6 Å². The van der Waals surface area contributed by atoms with Crippen LogP contribution in [0.3, 0.4) is 0 Å². The Morgan fingerprint density at radius 3 is 2.45 bits per heavy atom. The van der Waals surface area contributed by atoms with Gasteiger partial charge in [-0.2, -0.15) is 13.2 Å². The average Bonchev–Trinajstić information content (AvgIpc) is 3.54. The first-order chi connectivity index (χ1) is 19.3. The molecule has 1 fully saturated rings. The summed E-state index contributed by atoms with van der Waals surface area (Å²) in [6, 6.07) is 14.8. The van der Waals surface area contributed by atoms with E-state index < -0.39 is 11.7 Å². The summed E-state index contributed by atoms with van der Waals surface area (Å²) in [6.45, 7) is 0. The van der Waals surface area contributed by atoms with Crippen molar-refractivity contribution in [2.24, 2.45) is 11.1 Å². The predicted octanol–water partition coefficient (Wildman–Crippen LogP) is 8.44. The zero-order chi connectivity index (χ0) is 27.9. The number of hydrogen-bond acceptors (Lipinski definition) is 6. The summed E-state index contributed by atoms with van der Waals surface area (Å²) in [7, 11) is 0. The van der Waals surface area contributed by atoms with Crippen LogP contribution in [0, 0.1) is 5.92 Å². The van der Waals surface area contributed by atoms with E-state index in [2.05, 4.69) is 20.0 Å². The van der Waals surface area contributed by atoms with E-state index in [0.717, 1.165) is 69.6 Å². The standard InChI is InChI=1S/C30H21ClF3N3O2S/c31-23-13-21(30(32,33)34)15-35-29(23)28(18-2-1-3-18)27(20-9-11-25-24(12-20)36-16-40-25)19-7-4-17(5-8-19)6-10-22-14-26(38)39-37-22/h4-13,15-16,18H,1-3,14H2/b10-6+,28-27+. The minimum Gasteiger partial charge on any atom is -0.318 e. The van der Waals surface area contributed by atoms with Crippen LogP contribution in [0.2, 0.25) is 5.02 Å². The predicted molar refractivity (Wildman–Crippen MR) is 151 cm³/mol. The zero-order valence-electron chi connectivity index (χ0n) is 20.9. The molecule has 1 aliphatic heterocycles. The summed E-state index contributed by atoms with van der Waals surface area (Å²) in [4.78, 5) is 24.7. The molecule has 1 saturated carbocycles. The molecule has 5 nitrogen and oxygen atoms in total. The first kappa shape index (κ1) is 26.4. The van der Waals surface area contributed by atoms with Crippen LogP contribution in [0.4, 0.5) is 13.2 Å². The fraction of sp³-hybridized carbons (Fsp3) is 0.200. The van der Waals surface area contributed by atoms with E-state index in [9.17, 15) is 18.0 Å². The molecule has 2 aliphatic rings. The topological polar surface area (TPSA) is 64.4 Å². The van der Waals surface area contributed by atoms with E-state index in [1.807, 2.05) is 48.5 Å². The molecular weight excluding hydrogens is 559 g/mol. The van der Waals surface area contributed by atoms with Gasteiger partial charge in [-0.25, -0.2) is 9.78 Å². The van der Waals surface area contributed by atoms with Crippen molar-refractivity contribution in [3.63, 3.8) is 0 Å². The Morgan fingerprint density at radius 2 is 1.80 bits per heavy atom. The highest BCUT2D eigenvalue weighted by atomic mass is 35.5. The van der Waals surface area contributed by atoms with Gasteiger partial charge in [-0.3, -0.25) is 4.98 Å². The van der Waals surface area contributed by atoms with Gasteiger partial charge in [-0.05, 0) is 70.9 Å². The molecule has 2 aromatic carbocycles. The second-order valence-electron chi connectivity index (χ2n) is 9.68. The lowest BCUT2D eigenvalue weighted by Crippen LogP contribution is -2.17. The number of pyridine rings is 1. The summed E-state index contributed by atoms with van der Waals surface area (Å²) < 4.78 is 41.3. The van der Waals surface area contributed by atoms with Crippen LogP contribution in [0.15, 0.2) is 71.5 Å². The number of allylic oxidation sites excluding steroid dienone is 2. The van der Waals surface area contributed by atoms with E-state index >= 15 is 0 Å². The SMILES string of the molecule is O=C1CC(/C=C/c2ccc(/C(=C(\c3ncc(C(F)(F)F)cc3Cl)C3CCC3)c3ccc4scnc4c3)cc2)=NO1. The van der Waals surface area contributed by atoms with Crippen LogP contribution >= 0.6 is 22.9 Å². The van der Waals surface area contributed by atoms with Crippen LogP contribution < -0.4 is 0 Å². The van der Waals surface area contributed by atoms with Crippen molar-refractivity contribution in [1.82, 2.24) is 9.97 Å². The highest BCUT2D eigenvalue weighted by Crippen LogP contribution is 2.47. The van der Waals surface area contributed by atoms with Crippen molar-refractivity contribution in [3.05, 3.63) is 99.3 Å². The number of alkyl halides is 3. The third kappa shape index (κ3) is 5.31. The number of fused-ring (bicyclic) bond motifs is 1. The fourth-order valence-corrected chi connectivity index (χ4v) is 5.79. The second kappa shape index (κ2) is 10.6. The second-order valence-corrected chi connectivity index (χ2v) is 11.0. The maximum atomic E-state index is 13.4. The molecule has 202 valence electrons. The highest BCUT2D eigenvalue weighted by Gasteiger charge is 2.34. The number of aromatic nitrogens is 2. The third-order valence-corrected chi connectivity index (χ3v) is 8.18. The van der Waals surface area contributed by atoms with Gasteiger partial charge in [0.2, 0.25) is 0 Å². The maximum absolute atomic E-state index is 13.4. The van der Waals surface area contributed by atoms with E-state index in [0.29, 0.717) is 11.4 Å². The normalized spacial score (nSPS) is 16.7. The molecule has 1 aliphatic carbocycles. The molecule has 0 amide bonds. The number of benzene rings is 2. The van der Waals surface area contributed by atoms with Gasteiger partial charge in [0.25, 0.3) is 0 Å². The van der Waals surface area contributed by atoms with Crippen LogP contribution in [0.25, 0.3) is 27.4 Å². The molecule has 0 radical (unpaired) electrons. The van der Waals surface area contributed by atoms with Crippen LogP contribution in [0.5, 0.6) is 0 Å². The van der Waals surface area contributed by atoms with Gasteiger partial charge >= 0.3 is 12.1 Å². The third-order valence-electron chi connectivity index (χ3n) is 7.08. The number of thiazole rings is 1. The Kier molecular flexibility index (Phi) is 7.02. The number of halogens is 4. The number of hydrogen-bond donors (Lipinski definition) is 0. The van der Waals surface area contributed by atoms with Crippen molar-refractivity contribution in [3.8, 4) is 0 Å². The molecule has 10 heteroatoms. The van der Waals surface area contributed by atoms with Crippen molar-refractivity contribution < 1.29 is 22.8 Å². The van der Waals surface area contributed by atoms with Gasteiger partial charge in [0, 0.05) is 6.20 Å². The largest absolute Gasteiger partial charge is 0.417 e. The van der Waals surface area contributed by atoms with Crippen molar-refractivity contribution in [2.45, 2.75) is 31.9 Å². The molecule has 0 N–H and O–H groups in total. The summed E-state index contributed by atoms with van der Waals surface area (Å²) in [5.41, 5.74) is 7.00. The average molecular weight is 580 g/mol. The van der Waals surface area contributed by atoms with Crippen molar-refractivity contribution >= 4 is 62.1 Å². The van der Waals surface area contributed by atoms with Crippen LogP contribution in [-0.2, 0) is 15.8 Å². The quantitative estimate of drug-likeness (QED) is 0.215. The summed E-state index contributed by atoms with van der Waals surface area (Å²) in [5, 5.41) is 3.71. The monoisotopic (exact) mass is 579 g/mol. The Balaban J connectivity index is 1.50. The van der Waals surface area contributed by atoms with Gasteiger partial charge < -0.3 is 4.84 Å². The molecular formula is C30H21ClF3N3O2S. The Morgan fingerprint density at radius 1 is 1.02 bits per heavy atom. The number of oxime groups is 1. The minimum atomic E-state index is -4.54. The molecule has 0 unspecified atom stereocenters. The van der Waals surface area contributed by atoms with E-state index in [4.69, 9.17) is 11.6 Å². The van der Waals surface area contributed by atoms with E-state index in [-0.39, 0.29) is 23.3 Å². The molecule has 4 aromatic rings. The zero-order valence-corrected chi connectivity index (χ0v) is 22.5. The lowest BCUT2D eigenvalue weighted by atomic mass is 9.74. The number of carbonyl (C=O) groups excluding carboxylic acids is 1. The van der Waals surface area contributed by atoms with Crippen molar-refractivity contribution in [2.75, 3.05) is 0 Å². The molecule has 0 atom stereocenters. The molecule has 0 saturated heterocycles. The first-order valence-corrected chi connectivity index (χ1v) is 13.9. The van der Waals surface area contributed by atoms with Gasteiger partial charge in [-0.1, -0.05) is 59.6 Å². The fourth-order valence-electron chi connectivity index (χ4n) is 4.86. The lowest BCUT2D eigenvalue weighted by molar-refractivity contribution is -0.140. The Bertz CT molecular complexity index is 1700. The molecule has 2 aromatic heterocycles. The van der Waals surface area contributed by atoms with E-state index in [1.54, 1.807) is 22.9 Å². The molecule has 0 spiro atoms. The lowest BCUT2D eigenvalue weighted by Gasteiger charge is -2.31. The van der Waals surface area contributed by atoms with Gasteiger partial charge in [0.05, 0.1) is 44.1 Å².